The van der Waals surface area contributed by atoms with Gasteiger partial charge in [0.2, 0.25) is 0 Å². The molecule has 5 N–H and O–H groups in total. The molecular weight excluding hydrogens is 251 g/mol. The first-order chi connectivity index (χ1) is 8.45. The predicted molar refractivity (Wildman–Crippen MR) is 53.9 cm³/mol. The van der Waals surface area contributed by atoms with E-state index in [1.165, 1.54) is 0 Å². The van der Waals surface area contributed by atoms with Gasteiger partial charge in [0.15, 0.2) is 18.6 Å². The van der Waals surface area contributed by atoms with E-state index < -0.39 is 56.1 Å². The summed E-state index contributed by atoms with van der Waals surface area (Å²) in [6, 6.07) is -0.814. The molecule has 104 valence electrons. The highest BCUT2D eigenvalue weighted by molar-refractivity contribution is 5.75. The van der Waals surface area contributed by atoms with Gasteiger partial charge in [-0.05, 0) is 0 Å². The number of amides is 2. The molecule has 0 aromatic carbocycles. The van der Waals surface area contributed by atoms with Gasteiger partial charge in [0.1, 0.15) is 18.3 Å². The van der Waals surface area contributed by atoms with Crippen molar-refractivity contribution >= 4 is 6.03 Å². The van der Waals surface area contributed by atoms with Gasteiger partial charge in [-0.25, -0.2) is 9.18 Å². The van der Waals surface area contributed by atoms with E-state index >= 15 is 0 Å². The van der Waals surface area contributed by atoms with Gasteiger partial charge in [0.05, 0.1) is 13.2 Å². The number of urea groups is 1. The van der Waals surface area contributed by atoms with Crippen molar-refractivity contribution in [2.24, 2.45) is 0 Å². The number of carbonyl (C=O) groups excluding carboxylic acids is 1. The number of hydrogen-bond acceptors (Lipinski definition) is 6. The molecule has 2 heterocycles. The summed E-state index contributed by atoms with van der Waals surface area (Å²) in [5.41, 5.74) is 0. The largest absolute Gasteiger partial charge is 0.394 e. The monoisotopic (exact) mass is 266 g/mol. The number of ether oxygens (including phenoxy) is 1. The second-order valence-electron chi connectivity index (χ2n) is 4.29. The Morgan fingerprint density at radius 3 is 2.61 bits per heavy atom. The first kappa shape index (κ1) is 13.4. The lowest BCUT2D eigenvalue weighted by atomic mass is 10.1. The highest BCUT2D eigenvalue weighted by Crippen LogP contribution is 2.26. The number of carbonyl (C=O) groups is 1. The first-order valence-electron chi connectivity index (χ1n) is 5.47. The molecule has 0 saturated carbocycles. The maximum Gasteiger partial charge on any atom is 0.321 e. The summed E-state index contributed by atoms with van der Waals surface area (Å²) in [5, 5.41) is 39.2. The summed E-state index contributed by atoms with van der Waals surface area (Å²) in [5.74, 6) is 0. The number of hydrogen-bond donors (Lipinski definition) is 5. The van der Waals surface area contributed by atoms with Crippen LogP contribution in [0.3, 0.4) is 0 Å². The first-order valence-corrected chi connectivity index (χ1v) is 5.47. The number of aliphatic hydroxyl groups excluding tert-OH is 4. The van der Waals surface area contributed by atoms with Gasteiger partial charge in [-0.3, -0.25) is 4.90 Å². The molecule has 2 amide bonds. The van der Waals surface area contributed by atoms with E-state index in [2.05, 4.69) is 0 Å². The third-order valence-corrected chi connectivity index (χ3v) is 3.07. The molecule has 9 heteroatoms. The van der Waals surface area contributed by atoms with Gasteiger partial charge in [0, 0.05) is 0 Å². The Kier molecular flexibility index (Phi) is 3.69. The molecule has 2 unspecified atom stereocenters. The van der Waals surface area contributed by atoms with Crippen LogP contribution in [0.5, 0.6) is 0 Å². The summed E-state index contributed by atoms with van der Waals surface area (Å²) in [6.45, 7) is -1.01. The Balaban J connectivity index is 2.10. The maximum atomic E-state index is 13.3. The van der Waals surface area contributed by atoms with E-state index in [4.69, 9.17) is 14.9 Å². The predicted octanol–water partition coefficient (Wildman–Crippen LogP) is -2.89. The number of aliphatic hydroxyl groups is 4. The molecule has 0 aromatic heterocycles. The molecule has 2 aliphatic rings. The van der Waals surface area contributed by atoms with Crippen LogP contribution >= 0.6 is 0 Å². The van der Waals surface area contributed by atoms with E-state index in [1.54, 1.807) is 0 Å². The minimum absolute atomic E-state index is 0.473. The molecule has 2 saturated heterocycles. The van der Waals surface area contributed by atoms with Gasteiger partial charge in [-0.2, -0.15) is 0 Å². The van der Waals surface area contributed by atoms with Crippen LogP contribution in [0.15, 0.2) is 0 Å². The van der Waals surface area contributed by atoms with Gasteiger partial charge >= 0.3 is 6.03 Å². The minimum atomic E-state index is -1.73. The van der Waals surface area contributed by atoms with Crippen molar-refractivity contribution in [1.29, 1.82) is 0 Å². The zero-order chi connectivity index (χ0) is 13.4. The van der Waals surface area contributed by atoms with Gasteiger partial charge in [0.25, 0.3) is 0 Å². The second-order valence-corrected chi connectivity index (χ2v) is 4.29. The van der Waals surface area contributed by atoms with E-state index in [9.17, 15) is 19.4 Å². The third kappa shape index (κ3) is 2.15. The quantitative estimate of drug-likeness (QED) is 0.365. The molecule has 0 aromatic rings. The fourth-order valence-electron chi connectivity index (χ4n) is 2.03. The molecule has 0 aliphatic carbocycles. The normalized spacial score (nSPS) is 45.2. The fourth-order valence-corrected chi connectivity index (χ4v) is 2.03. The smallest absolute Gasteiger partial charge is 0.321 e. The summed E-state index contributed by atoms with van der Waals surface area (Å²) in [4.78, 5) is 12.4. The van der Waals surface area contributed by atoms with Crippen LogP contribution in [0.1, 0.15) is 0 Å². The molecule has 18 heavy (non-hydrogen) atoms. The Labute approximate surface area is 102 Å². The molecule has 0 spiro atoms. The standard InChI is InChI=1S/C9H15FN2O6/c10-3-1-12(9(17)11-7(3)16)8-6(15)5(14)4(2-13)18-8/h3-8,13-16H,1-2H2,(H,11,17)/t3?,4-,5+,6+,7?,8-/m1/s1. The summed E-state index contributed by atoms with van der Waals surface area (Å²) in [7, 11) is 0. The van der Waals surface area contributed by atoms with Crippen LogP contribution < -0.4 is 5.32 Å². The SMILES string of the molecule is O=C1NC(O)C(F)CN1[C@@H]1O[C@H](CO)[C@H](O)[C@@H]1O. The van der Waals surface area contributed by atoms with E-state index in [1.807, 2.05) is 5.32 Å². The van der Waals surface area contributed by atoms with Crippen molar-refractivity contribution < 1.29 is 34.3 Å². The molecule has 0 bridgehead atoms. The summed E-state index contributed by atoms with van der Waals surface area (Å²) >= 11 is 0. The highest BCUT2D eigenvalue weighted by atomic mass is 19.1. The van der Waals surface area contributed by atoms with Crippen molar-refractivity contribution in [3.05, 3.63) is 0 Å². The lowest BCUT2D eigenvalue weighted by Gasteiger charge is -2.37. The molecule has 0 radical (unpaired) electrons. The molecule has 2 fully saturated rings. The molecule has 8 nitrogen and oxygen atoms in total. The number of nitrogens with zero attached hydrogens (tertiary/aromatic N) is 1. The van der Waals surface area contributed by atoms with Crippen LogP contribution in [0.25, 0.3) is 0 Å². The Morgan fingerprint density at radius 1 is 1.39 bits per heavy atom. The highest BCUT2D eigenvalue weighted by Gasteiger charge is 2.49. The van der Waals surface area contributed by atoms with Crippen LogP contribution in [0.2, 0.25) is 0 Å². The van der Waals surface area contributed by atoms with Gasteiger partial charge < -0.3 is 30.5 Å². The van der Waals surface area contributed by atoms with Crippen LogP contribution in [-0.2, 0) is 4.74 Å². The average Bonchev–Trinajstić information content (AvgIpc) is 2.61. The Bertz CT molecular complexity index is 332. The van der Waals surface area contributed by atoms with Crippen LogP contribution in [-0.4, -0.2) is 81.4 Å². The zero-order valence-corrected chi connectivity index (χ0v) is 9.31. The van der Waals surface area contributed by atoms with Crippen molar-refractivity contribution in [2.45, 2.75) is 36.9 Å². The van der Waals surface area contributed by atoms with Crippen LogP contribution in [0.4, 0.5) is 9.18 Å². The van der Waals surface area contributed by atoms with Gasteiger partial charge in [-0.1, -0.05) is 0 Å². The summed E-state index contributed by atoms with van der Waals surface area (Å²) in [6.07, 6.45) is -8.45. The summed E-state index contributed by atoms with van der Waals surface area (Å²) < 4.78 is 18.4. The van der Waals surface area contributed by atoms with Crippen molar-refractivity contribution in [1.82, 2.24) is 10.2 Å². The van der Waals surface area contributed by atoms with E-state index in [-0.39, 0.29) is 0 Å². The molecular formula is C9H15FN2O6. The maximum absolute atomic E-state index is 13.3. The molecule has 2 aliphatic heterocycles. The van der Waals surface area contributed by atoms with Crippen molar-refractivity contribution in [2.75, 3.05) is 13.2 Å². The van der Waals surface area contributed by atoms with Crippen molar-refractivity contribution in [3.63, 3.8) is 0 Å². The number of nitrogens with one attached hydrogen (secondary N) is 1. The van der Waals surface area contributed by atoms with Gasteiger partial charge in [-0.15, -0.1) is 0 Å². The fraction of sp³-hybridized carbons (Fsp3) is 0.889. The molecule has 6 atom stereocenters. The lowest BCUT2D eigenvalue weighted by Crippen LogP contribution is -2.62. The number of halogens is 1. The lowest BCUT2D eigenvalue weighted by molar-refractivity contribution is -0.102. The third-order valence-electron chi connectivity index (χ3n) is 3.07. The number of alkyl halides is 1. The molecule has 2 rings (SSSR count). The van der Waals surface area contributed by atoms with E-state index in [0.717, 1.165) is 4.90 Å². The Morgan fingerprint density at radius 2 is 2.06 bits per heavy atom. The zero-order valence-electron chi connectivity index (χ0n) is 9.31. The van der Waals surface area contributed by atoms with Crippen molar-refractivity contribution in [3.8, 4) is 0 Å². The van der Waals surface area contributed by atoms with E-state index in [0.29, 0.717) is 0 Å². The Hall–Kier alpha value is -1.00. The van der Waals surface area contributed by atoms with Crippen LogP contribution in [0, 0.1) is 0 Å². The topological polar surface area (TPSA) is 122 Å². The average molecular weight is 266 g/mol. The number of rotatable bonds is 2. The second kappa shape index (κ2) is 4.94. The minimum Gasteiger partial charge on any atom is -0.394 e.